The van der Waals surface area contributed by atoms with Crippen molar-refractivity contribution in [1.82, 2.24) is 5.32 Å². The first-order valence-electron chi connectivity index (χ1n) is 16.4. The lowest BCUT2D eigenvalue weighted by atomic mass is 10.0. The van der Waals surface area contributed by atoms with Crippen molar-refractivity contribution < 1.29 is 32.9 Å². The Morgan fingerprint density at radius 3 is 1.68 bits per heavy atom. The molecule has 0 bridgehead atoms. The van der Waals surface area contributed by atoms with Gasteiger partial charge in [-0.15, -0.1) is 0 Å². The number of nitrogens with zero attached hydrogens (tertiary/aromatic N) is 1. The fourth-order valence-corrected chi connectivity index (χ4v) is 5.37. The number of likely N-dealkylation sites (N-methyl/N-ethyl adjacent to an activating group) is 1. The van der Waals surface area contributed by atoms with Crippen LogP contribution in [-0.2, 0) is 18.4 Å². The van der Waals surface area contributed by atoms with E-state index in [-0.39, 0.29) is 19.1 Å². The molecular weight excluding hydrogens is 527 g/mol. The van der Waals surface area contributed by atoms with E-state index in [1.807, 2.05) is 21.1 Å². The van der Waals surface area contributed by atoms with Crippen LogP contribution in [0.4, 0.5) is 0 Å². The molecule has 9 heteroatoms. The number of unbranched alkanes of at least 4 members (excludes halogenated alkanes) is 16. The van der Waals surface area contributed by atoms with Gasteiger partial charge in [0.15, 0.2) is 0 Å². The largest absolute Gasteiger partial charge is 0.472 e. The van der Waals surface area contributed by atoms with Crippen molar-refractivity contribution in [3.05, 3.63) is 0 Å². The zero-order valence-electron chi connectivity index (χ0n) is 26.8. The molecule has 1 amide bonds. The van der Waals surface area contributed by atoms with Crippen LogP contribution in [0.5, 0.6) is 0 Å². The molecule has 0 heterocycles. The minimum Gasteiger partial charge on any atom is -0.391 e. The van der Waals surface area contributed by atoms with Crippen LogP contribution in [-0.4, -0.2) is 73.4 Å². The van der Waals surface area contributed by atoms with E-state index in [1.54, 1.807) is 0 Å². The Hall–Kier alpha value is -0.500. The molecule has 0 fully saturated rings. The van der Waals surface area contributed by atoms with Crippen LogP contribution in [0.1, 0.15) is 142 Å². The summed E-state index contributed by atoms with van der Waals surface area (Å²) in [4.78, 5) is 22.7. The number of phosphoric acid groups is 1. The standard InChI is InChI=1S/C31H65N2O6P/c1-6-8-10-12-13-14-15-16-17-18-19-21-22-24-30(34)29(32-31(35)25-23-20-11-9-7-2)28-39-40(36,37)38-27-26-33(3,4)5/h29-30,34H,6-28H2,1-5H3,(H-,32,35,36,37)/p+1. The monoisotopic (exact) mass is 593 g/mol. The van der Waals surface area contributed by atoms with E-state index in [2.05, 4.69) is 19.2 Å². The number of phosphoric ester groups is 1. The van der Waals surface area contributed by atoms with E-state index in [0.717, 1.165) is 51.4 Å². The fourth-order valence-electron chi connectivity index (χ4n) is 4.63. The summed E-state index contributed by atoms with van der Waals surface area (Å²) in [6.07, 6.45) is 21.5. The summed E-state index contributed by atoms with van der Waals surface area (Å²) in [5.41, 5.74) is 0. The number of nitrogens with one attached hydrogen (secondary N) is 1. The quantitative estimate of drug-likeness (QED) is 0.0471. The molecule has 0 radical (unpaired) electrons. The lowest BCUT2D eigenvalue weighted by Crippen LogP contribution is -2.46. The molecule has 0 aromatic rings. The summed E-state index contributed by atoms with van der Waals surface area (Å²) in [5.74, 6) is -0.159. The lowest BCUT2D eigenvalue weighted by Gasteiger charge is -2.26. The first-order chi connectivity index (χ1) is 19.0. The molecule has 0 saturated heterocycles. The second-order valence-corrected chi connectivity index (χ2v) is 14.0. The number of rotatable bonds is 29. The number of quaternary nitrogens is 1. The van der Waals surface area contributed by atoms with Crippen LogP contribution >= 0.6 is 7.82 Å². The van der Waals surface area contributed by atoms with Crippen molar-refractivity contribution >= 4 is 13.7 Å². The number of hydrogen-bond acceptors (Lipinski definition) is 5. The molecule has 0 aliphatic heterocycles. The Morgan fingerprint density at radius 1 is 0.750 bits per heavy atom. The third-order valence-corrected chi connectivity index (χ3v) is 8.34. The van der Waals surface area contributed by atoms with Gasteiger partial charge in [-0.3, -0.25) is 13.8 Å². The van der Waals surface area contributed by atoms with Gasteiger partial charge < -0.3 is 19.8 Å². The highest BCUT2D eigenvalue weighted by Crippen LogP contribution is 2.43. The highest BCUT2D eigenvalue weighted by atomic mass is 31.2. The predicted octanol–water partition coefficient (Wildman–Crippen LogP) is 7.51. The van der Waals surface area contributed by atoms with Crippen molar-refractivity contribution in [3.8, 4) is 0 Å². The molecule has 0 aromatic carbocycles. The van der Waals surface area contributed by atoms with Crippen LogP contribution in [0.2, 0.25) is 0 Å². The van der Waals surface area contributed by atoms with Crippen LogP contribution in [0.25, 0.3) is 0 Å². The van der Waals surface area contributed by atoms with Crippen LogP contribution in [0, 0.1) is 0 Å². The summed E-state index contributed by atoms with van der Waals surface area (Å²) < 4.78 is 23.3. The third kappa shape index (κ3) is 26.4. The van der Waals surface area contributed by atoms with Crippen molar-refractivity contribution in [1.29, 1.82) is 0 Å². The normalized spacial score (nSPS) is 15.1. The molecule has 8 nitrogen and oxygen atoms in total. The Morgan fingerprint density at radius 2 is 1.20 bits per heavy atom. The van der Waals surface area contributed by atoms with Gasteiger partial charge in [-0.05, 0) is 12.8 Å². The molecule has 3 unspecified atom stereocenters. The smallest absolute Gasteiger partial charge is 0.391 e. The van der Waals surface area contributed by atoms with Gasteiger partial charge >= 0.3 is 7.82 Å². The SMILES string of the molecule is CCCCCCCCCCCCCCCC(O)C(COP(=O)(O)OCC[N+](C)(C)C)NC(=O)CCCCCCC. The third-order valence-electron chi connectivity index (χ3n) is 7.36. The first-order valence-corrected chi connectivity index (χ1v) is 17.9. The maximum absolute atomic E-state index is 12.5. The van der Waals surface area contributed by atoms with E-state index in [1.165, 1.54) is 64.2 Å². The lowest BCUT2D eigenvalue weighted by molar-refractivity contribution is -0.870. The molecule has 0 rings (SSSR count). The first kappa shape index (κ1) is 39.5. The van der Waals surface area contributed by atoms with Gasteiger partial charge in [0.05, 0.1) is 39.9 Å². The summed E-state index contributed by atoms with van der Waals surface area (Å²) >= 11 is 0. The predicted molar refractivity (Wildman–Crippen MR) is 166 cm³/mol. The number of carbonyl (C=O) groups excluding carboxylic acids is 1. The van der Waals surface area contributed by atoms with Gasteiger partial charge in [-0.1, -0.05) is 123 Å². The van der Waals surface area contributed by atoms with E-state index >= 15 is 0 Å². The Bertz CT molecular complexity index is 644. The summed E-state index contributed by atoms with van der Waals surface area (Å²) in [6.45, 7) is 4.77. The van der Waals surface area contributed by atoms with E-state index in [9.17, 15) is 19.4 Å². The molecule has 40 heavy (non-hydrogen) atoms. The average Bonchev–Trinajstić information content (AvgIpc) is 2.88. The second-order valence-electron chi connectivity index (χ2n) is 12.5. The van der Waals surface area contributed by atoms with Crippen molar-refractivity contribution in [2.75, 3.05) is 40.9 Å². The fraction of sp³-hybridized carbons (Fsp3) is 0.968. The van der Waals surface area contributed by atoms with Crippen molar-refractivity contribution in [3.63, 3.8) is 0 Å². The zero-order chi connectivity index (χ0) is 30.1. The van der Waals surface area contributed by atoms with Gasteiger partial charge in [0, 0.05) is 6.42 Å². The molecule has 0 aromatic heterocycles. The average molecular weight is 594 g/mol. The van der Waals surface area contributed by atoms with Gasteiger partial charge in [-0.25, -0.2) is 4.57 Å². The maximum Gasteiger partial charge on any atom is 0.472 e. The minimum absolute atomic E-state index is 0.0770. The number of amides is 1. The van der Waals surface area contributed by atoms with Crippen molar-refractivity contribution in [2.24, 2.45) is 0 Å². The van der Waals surface area contributed by atoms with Crippen molar-refractivity contribution in [2.45, 2.75) is 154 Å². The summed E-state index contributed by atoms with van der Waals surface area (Å²) in [6, 6.07) is -0.747. The van der Waals surface area contributed by atoms with Gasteiger partial charge in [0.25, 0.3) is 0 Å². The topological polar surface area (TPSA) is 105 Å². The number of carbonyl (C=O) groups is 1. The van der Waals surface area contributed by atoms with Gasteiger partial charge in [0.1, 0.15) is 13.2 Å². The van der Waals surface area contributed by atoms with Crippen LogP contribution < -0.4 is 5.32 Å². The van der Waals surface area contributed by atoms with E-state index < -0.39 is 20.0 Å². The number of hydrogen-bond donors (Lipinski definition) is 3. The Labute approximate surface area is 247 Å². The molecule has 3 N–H and O–H groups in total. The minimum atomic E-state index is -4.28. The molecule has 0 spiro atoms. The van der Waals surface area contributed by atoms with Crippen LogP contribution in [0.15, 0.2) is 0 Å². The molecule has 0 saturated carbocycles. The Kier molecular flexibility index (Phi) is 24.7. The molecule has 0 aliphatic carbocycles. The second kappa shape index (κ2) is 25.0. The number of aliphatic hydroxyl groups is 1. The molecule has 3 atom stereocenters. The molecular formula is C31H66N2O6P+. The summed E-state index contributed by atoms with van der Waals surface area (Å²) in [7, 11) is 1.61. The van der Waals surface area contributed by atoms with E-state index in [0.29, 0.717) is 23.9 Å². The molecule has 240 valence electrons. The van der Waals surface area contributed by atoms with Gasteiger partial charge in [0.2, 0.25) is 5.91 Å². The maximum atomic E-state index is 12.5. The Balaban J connectivity index is 4.44. The highest BCUT2D eigenvalue weighted by Gasteiger charge is 2.28. The highest BCUT2D eigenvalue weighted by molar-refractivity contribution is 7.47. The van der Waals surface area contributed by atoms with Crippen LogP contribution in [0.3, 0.4) is 0 Å². The van der Waals surface area contributed by atoms with E-state index in [4.69, 9.17) is 9.05 Å². The van der Waals surface area contributed by atoms with Gasteiger partial charge in [-0.2, -0.15) is 0 Å². The molecule has 0 aliphatic rings. The zero-order valence-corrected chi connectivity index (χ0v) is 27.7. The summed E-state index contributed by atoms with van der Waals surface area (Å²) in [5, 5.41) is 13.7. The number of aliphatic hydroxyl groups excluding tert-OH is 1.